The number of aliphatic imine (C=N–C) groups is 1. The van der Waals surface area contributed by atoms with Crippen LogP contribution in [0.25, 0.3) is 10.9 Å². The highest BCUT2D eigenvalue weighted by Gasteiger charge is 2.20. The standard InChI is InChI=1S/C24H20N4O4/c1-15(29)25-14-16-6-5-9-18(12-16)26-23(17-7-3-2-4-8-17)22-20-13-19(28(31)32)10-11-21(20)27-24(22)30/h2-13,27,30H,14H2,1H3,(H,25,29). The zero-order valence-corrected chi connectivity index (χ0v) is 17.2. The zero-order valence-electron chi connectivity index (χ0n) is 17.2. The Kier molecular flexibility index (Phi) is 5.67. The quantitative estimate of drug-likeness (QED) is 0.236. The Labute approximate surface area is 183 Å². The van der Waals surface area contributed by atoms with Crippen LogP contribution in [0.1, 0.15) is 23.6 Å². The van der Waals surface area contributed by atoms with Crippen molar-refractivity contribution in [1.29, 1.82) is 0 Å². The summed E-state index contributed by atoms with van der Waals surface area (Å²) >= 11 is 0. The molecule has 4 aromatic rings. The molecule has 8 heteroatoms. The van der Waals surface area contributed by atoms with Crippen LogP contribution in [-0.2, 0) is 11.3 Å². The number of aromatic nitrogens is 1. The molecule has 1 amide bonds. The van der Waals surface area contributed by atoms with Crippen molar-refractivity contribution in [3.05, 3.63) is 99.6 Å². The molecule has 0 radical (unpaired) electrons. The van der Waals surface area contributed by atoms with Crippen LogP contribution in [0.3, 0.4) is 0 Å². The molecular formula is C24H20N4O4. The highest BCUT2D eigenvalue weighted by atomic mass is 16.6. The fraction of sp³-hybridized carbons (Fsp3) is 0.0833. The lowest BCUT2D eigenvalue weighted by Crippen LogP contribution is -2.18. The average Bonchev–Trinajstić information content (AvgIpc) is 3.11. The maximum absolute atomic E-state index is 11.3. The molecule has 3 N–H and O–H groups in total. The number of hydrogen-bond donors (Lipinski definition) is 3. The first-order valence-corrected chi connectivity index (χ1v) is 9.89. The number of carbonyl (C=O) groups excluding carboxylic acids is 1. The van der Waals surface area contributed by atoms with Crippen molar-refractivity contribution in [1.82, 2.24) is 10.3 Å². The summed E-state index contributed by atoms with van der Waals surface area (Å²) in [4.78, 5) is 29.8. The molecule has 0 saturated carbocycles. The lowest BCUT2D eigenvalue weighted by Gasteiger charge is -2.09. The molecule has 0 bridgehead atoms. The number of benzene rings is 3. The van der Waals surface area contributed by atoms with E-state index in [1.165, 1.54) is 19.1 Å². The molecule has 0 aliphatic carbocycles. The number of fused-ring (bicyclic) bond motifs is 1. The maximum atomic E-state index is 11.3. The Morgan fingerprint density at radius 3 is 2.59 bits per heavy atom. The average molecular weight is 428 g/mol. The van der Waals surface area contributed by atoms with Crippen LogP contribution in [0.15, 0.2) is 77.8 Å². The predicted molar refractivity (Wildman–Crippen MR) is 122 cm³/mol. The minimum atomic E-state index is -0.474. The van der Waals surface area contributed by atoms with Crippen LogP contribution in [0.2, 0.25) is 0 Å². The van der Waals surface area contributed by atoms with E-state index >= 15 is 0 Å². The topological polar surface area (TPSA) is 121 Å². The normalized spacial score (nSPS) is 11.5. The molecule has 0 saturated heterocycles. The van der Waals surface area contributed by atoms with Gasteiger partial charge in [0.15, 0.2) is 5.88 Å². The van der Waals surface area contributed by atoms with E-state index in [0.717, 1.165) is 11.1 Å². The fourth-order valence-corrected chi connectivity index (χ4v) is 3.47. The minimum absolute atomic E-state index is 0.0810. The van der Waals surface area contributed by atoms with E-state index < -0.39 is 4.92 Å². The minimum Gasteiger partial charge on any atom is -0.494 e. The highest BCUT2D eigenvalue weighted by molar-refractivity contribution is 6.22. The Bertz CT molecular complexity index is 1340. The van der Waals surface area contributed by atoms with Crippen LogP contribution in [-0.4, -0.2) is 26.6 Å². The Hall–Kier alpha value is -4.46. The zero-order chi connectivity index (χ0) is 22.7. The molecule has 0 aliphatic heterocycles. The molecule has 3 aromatic carbocycles. The van der Waals surface area contributed by atoms with Gasteiger partial charge in [0, 0.05) is 42.1 Å². The first-order chi connectivity index (χ1) is 15.4. The molecule has 4 rings (SSSR count). The van der Waals surface area contributed by atoms with Crippen LogP contribution in [0.4, 0.5) is 11.4 Å². The molecule has 0 atom stereocenters. The number of aromatic hydroxyl groups is 1. The van der Waals surface area contributed by atoms with E-state index in [9.17, 15) is 20.0 Å². The summed E-state index contributed by atoms with van der Waals surface area (Å²) in [6.45, 7) is 1.82. The third-order valence-electron chi connectivity index (χ3n) is 4.95. The Morgan fingerprint density at radius 2 is 1.88 bits per heavy atom. The number of aromatic amines is 1. The van der Waals surface area contributed by atoms with Crippen LogP contribution in [0.5, 0.6) is 5.88 Å². The number of nitro groups is 1. The van der Waals surface area contributed by atoms with Crippen molar-refractivity contribution >= 4 is 33.9 Å². The van der Waals surface area contributed by atoms with E-state index in [0.29, 0.717) is 34.4 Å². The second-order valence-electron chi connectivity index (χ2n) is 7.24. The van der Waals surface area contributed by atoms with Gasteiger partial charge in [-0.3, -0.25) is 14.9 Å². The van der Waals surface area contributed by atoms with Crippen molar-refractivity contribution in [3.63, 3.8) is 0 Å². The third kappa shape index (κ3) is 4.34. The summed E-state index contributed by atoms with van der Waals surface area (Å²) in [5.41, 5.74) is 3.54. The first kappa shape index (κ1) is 20.8. The van der Waals surface area contributed by atoms with Crippen molar-refractivity contribution in [3.8, 4) is 5.88 Å². The van der Waals surface area contributed by atoms with Crippen molar-refractivity contribution in [2.75, 3.05) is 0 Å². The second-order valence-corrected chi connectivity index (χ2v) is 7.24. The van der Waals surface area contributed by atoms with Gasteiger partial charge in [0.05, 0.1) is 21.9 Å². The number of nitrogens with zero attached hydrogens (tertiary/aromatic N) is 2. The molecular weight excluding hydrogens is 408 g/mol. The number of nitrogens with one attached hydrogen (secondary N) is 2. The van der Waals surface area contributed by atoms with Gasteiger partial charge in [0.1, 0.15) is 0 Å². The molecule has 0 fully saturated rings. The molecule has 8 nitrogen and oxygen atoms in total. The number of non-ortho nitro benzene ring substituents is 1. The van der Waals surface area contributed by atoms with Gasteiger partial charge < -0.3 is 15.4 Å². The largest absolute Gasteiger partial charge is 0.494 e. The summed E-state index contributed by atoms with van der Waals surface area (Å²) in [7, 11) is 0. The smallest absolute Gasteiger partial charge is 0.270 e. The summed E-state index contributed by atoms with van der Waals surface area (Å²) in [5.74, 6) is -0.258. The number of carbonyl (C=O) groups is 1. The number of amides is 1. The molecule has 1 heterocycles. The lowest BCUT2D eigenvalue weighted by atomic mass is 10.0. The molecule has 0 spiro atoms. The van der Waals surface area contributed by atoms with E-state index in [4.69, 9.17) is 4.99 Å². The molecule has 32 heavy (non-hydrogen) atoms. The van der Waals surface area contributed by atoms with Crippen LogP contribution >= 0.6 is 0 Å². The Morgan fingerprint density at radius 1 is 1.09 bits per heavy atom. The third-order valence-corrected chi connectivity index (χ3v) is 4.95. The lowest BCUT2D eigenvalue weighted by molar-refractivity contribution is -0.384. The van der Waals surface area contributed by atoms with Crippen molar-refractivity contribution in [2.45, 2.75) is 13.5 Å². The Balaban J connectivity index is 1.89. The van der Waals surface area contributed by atoms with Gasteiger partial charge in [-0.05, 0) is 23.8 Å². The SMILES string of the molecule is CC(=O)NCc1cccc(N=C(c2ccccc2)c2c(O)[nH]c3ccc([N+](=O)[O-])cc23)c1. The summed E-state index contributed by atoms with van der Waals surface area (Å²) in [6.07, 6.45) is 0. The van der Waals surface area contributed by atoms with Gasteiger partial charge in [0.2, 0.25) is 5.91 Å². The van der Waals surface area contributed by atoms with Gasteiger partial charge in [-0.2, -0.15) is 0 Å². The van der Waals surface area contributed by atoms with Gasteiger partial charge in [-0.15, -0.1) is 0 Å². The monoisotopic (exact) mass is 428 g/mol. The number of hydrogen-bond acceptors (Lipinski definition) is 5. The summed E-state index contributed by atoms with van der Waals surface area (Å²) in [5, 5.41) is 25.3. The van der Waals surface area contributed by atoms with Gasteiger partial charge in [-0.25, -0.2) is 4.99 Å². The summed E-state index contributed by atoms with van der Waals surface area (Å²) in [6, 6.07) is 21.0. The van der Waals surface area contributed by atoms with E-state index in [2.05, 4.69) is 10.3 Å². The molecule has 0 unspecified atom stereocenters. The maximum Gasteiger partial charge on any atom is 0.270 e. The predicted octanol–water partition coefficient (Wildman–Crippen LogP) is 4.59. The highest BCUT2D eigenvalue weighted by Crippen LogP contribution is 2.33. The van der Waals surface area contributed by atoms with Gasteiger partial charge >= 0.3 is 0 Å². The summed E-state index contributed by atoms with van der Waals surface area (Å²) < 4.78 is 0. The number of nitro benzene ring substituents is 1. The number of H-pyrrole nitrogens is 1. The van der Waals surface area contributed by atoms with Crippen molar-refractivity contribution < 1.29 is 14.8 Å². The second kappa shape index (κ2) is 8.73. The van der Waals surface area contributed by atoms with Gasteiger partial charge in [0.25, 0.3) is 5.69 Å². The van der Waals surface area contributed by atoms with E-state index in [1.54, 1.807) is 6.07 Å². The van der Waals surface area contributed by atoms with Gasteiger partial charge in [-0.1, -0.05) is 42.5 Å². The van der Waals surface area contributed by atoms with E-state index in [1.807, 2.05) is 54.6 Å². The van der Waals surface area contributed by atoms with Crippen molar-refractivity contribution in [2.24, 2.45) is 4.99 Å². The fourth-order valence-electron chi connectivity index (χ4n) is 3.47. The van der Waals surface area contributed by atoms with E-state index in [-0.39, 0.29) is 17.5 Å². The molecule has 0 aliphatic rings. The van der Waals surface area contributed by atoms with Crippen LogP contribution < -0.4 is 5.32 Å². The molecule has 1 aromatic heterocycles. The first-order valence-electron chi connectivity index (χ1n) is 9.89. The molecule has 160 valence electrons. The van der Waals surface area contributed by atoms with Crippen LogP contribution in [0, 0.1) is 10.1 Å². The number of rotatable bonds is 6.